The fourth-order valence-corrected chi connectivity index (χ4v) is 3.60. The molecular formula is C21H21N3O6S. The van der Waals surface area contributed by atoms with Crippen LogP contribution in [0.4, 0.5) is 10.5 Å². The molecule has 1 aromatic carbocycles. The standard InChI is InChI=1S/C21H21N3O6S/c1-3-29-20(27)14-11-22-21(28)23-15(14)12-30-19(26)13-7-4-5-8-16(13)24(2)18(25)17-9-6-10-31-17/h4-10H,3,11-12H2,1-2H3,(H2,22,23,28). The van der Waals surface area contributed by atoms with Crippen LogP contribution in [0.1, 0.15) is 27.0 Å². The van der Waals surface area contributed by atoms with Crippen LogP contribution in [0.15, 0.2) is 53.0 Å². The number of hydrogen-bond donors (Lipinski definition) is 2. The van der Waals surface area contributed by atoms with E-state index in [9.17, 15) is 19.2 Å². The molecule has 0 fully saturated rings. The largest absolute Gasteiger partial charge is 0.463 e. The molecule has 0 aliphatic carbocycles. The molecule has 1 aromatic heterocycles. The second kappa shape index (κ2) is 9.90. The minimum absolute atomic E-state index is 0.0355. The summed E-state index contributed by atoms with van der Waals surface area (Å²) in [6.07, 6.45) is 0. The lowest BCUT2D eigenvalue weighted by molar-refractivity contribution is -0.138. The second-order valence-electron chi connectivity index (χ2n) is 6.42. The minimum Gasteiger partial charge on any atom is -0.463 e. The molecule has 1 aliphatic rings. The first-order chi connectivity index (χ1) is 14.9. The van der Waals surface area contributed by atoms with Crippen molar-refractivity contribution in [3.8, 4) is 0 Å². The van der Waals surface area contributed by atoms with Gasteiger partial charge in [-0.25, -0.2) is 14.4 Å². The van der Waals surface area contributed by atoms with Gasteiger partial charge in [-0.05, 0) is 30.5 Å². The molecule has 9 nitrogen and oxygen atoms in total. The summed E-state index contributed by atoms with van der Waals surface area (Å²) in [7, 11) is 1.57. The number of ether oxygens (including phenoxy) is 2. The molecule has 0 saturated carbocycles. The summed E-state index contributed by atoms with van der Waals surface area (Å²) in [6, 6.07) is 9.50. The summed E-state index contributed by atoms with van der Waals surface area (Å²) in [5.41, 5.74) is 0.872. The number of hydrogen-bond acceptors (Lipinski definition) is 7. The topological polar surface area (TPSA) is 114 Å². The number of amides is 3. The van der Waals surface area contributed by atoms with Crippen LogP contribution >= 0.6 is 11.3 Å². The minimum atomic E-state index is -0.704. The fraction of sp³-hybridized carbons (Fsp3) is 0.238. The Morgan fingerprint density at radius 1 is 1.10 bits per heavy atom. The molecule has 3 rings (SSSR count). The zero-order valence-corrected chi connectivity index (χ0v) is 17.8. The molecule has 162 valence electrons. The number of nitrogens with one attached hydrogen (secondary N) is 2. The molecule has 2 heterocycles. The molecule has 10 heteroatoms. The Bertz CT molecular complexity index is 1030. The normalized spacial score (nSPS) is 13.2. The fourth-order valence-electron chi connectivity index (χ4n) is 2.90. The van der Waals surface area contributed by atoms with Gasteiger partial charge in [0.25, 0.3) is 5.91 Å². The number of anilines is 1. The first-order valence-electron chi connectivity index (χ1n) is 9.44. The van der Waals surface area contributed by atoms with Crippen LogP contribution in [0.25, 0.3) is 0 Å². The Morgan fingerprint density at radius 2 is 1.87 bits per heavy atom. The van der Waals surface area contributed by atoms with Crippen molar-refractivity contribution in [3.63, 3.8) is 0 Å². The SMILES string of the molecule is CCOC(=O)C1=C(COC(=O)c2ccccc2N(C)C(=O)c2cccs2)NC(=O)NC1. The van der Waals surface area contributed by atoms with Crippen LogP contribution < -0.4 is 15.5 Å². The summed E-state index contributed by atoms with van der Waals surface area (Å²) in [5.74, 6) is -1.57. The van der Waals surface area contributed by atoms with Crippen molar-refractivity contribution in [3.05, 3.63) is 63.5 Å². The average molecular weight is 443 g/mol. The molecule has 1 aliphatic heterocycles. The highest BCUT2D eigenvalue weighted by atomic mass is 32.1. The van der Waals surface area contributed by atoms with Crippen molar-refractivity contribution >= 4 is 40.9 Å². The van der Waals surface area contributed by atoms with Gasteiger partial charge in [0.1, 0.15) is 6.61 Å². The summed E-state index contributed by atoms with van der Waals surface area (Å²) in [4.78, 5) is 51.1. The van der Waals surface area contributed by atoms with Gasteiger partial charge < -0.3 is 25.0 Å². The van der Waals surface area contributed by atoms with Crippen LogP contribution in [0.2, 0.25) is 0 Å². The Hall–Kier alpha value is -3.66. The maximum absolute atomic E-state index is 12.8. The van der Waals surface area contributed by atoms with Crippen LogP contribution in [-0.2, 0) is 14.3 Å². The first kappa shape index (κ1) is 22.0. The number of benzene rings is 1. The molecule has 2 N–H and O–H groups in total. The van der Waals surface area contributed by atoms with Gasteiger partial charge in [-0.1, -0.05) is 18.2 Å². The van der Waals surface area contributed by atoms with E-state index >= 15 is 0 Å². The van der Waals surface area contributed by atoms with Gasteiger partial charge in [0.05, 0.1) is 40.5 Å². The van der Waals surface area contributed by atoms with E-state index in [2.05, 4.69) is 10.6 Å². The van der Waals surface area contributed by atoms with Gasteiger partial charge in [-0.15, -0.1) is 11.3 Å². The van der Waals surface area contributed by atoms with Gasteiger partial charge in [-0.3, -0.25) is 4.79 Å². The first-order valence-corrected chi connectivity index (χ1v) is 10.3. The number of para-hydroxylation sites is 1. The van der Waals surface area contributed by atoms with Crippen molar-refractivity contribution in [1.29, 1.82) is 0 Å². The molecule has 0 spiro atoms. The maximum Gasteiger partial charge on any atom is 0.340 e. The monoisotopic (exact) mass is 443 g/mol. The van der Waals surface area contributed by atoms with Gasteiger partial charge in [0, 0.05) is 7.05 Å². The van der Waals surface area contributed by atoms with E-state index in [1.54, 1.807) is 49.7 Å². The quantitative estimate of drug-likeness (QED) is 0.635. The molecule has 0 bridgehead atoms. The van der Waals surface area contributed by atoms with Crippen molar-refractivity contribution in [1.82, 2.24) is 10.6 Å². The van der Waals surface area contributed by atoms with E-state index in [1.165, 1.54) is 22.3 Å². The molecule has 31 heavy (non-hydrogen) atoms. The number of rotatable bonds is 7. The number of nitrogens with zero attached hydrogens (tertiary/aromatic N) is 1. The summed E-state index contributed by atoms with van der Waals surface area (Å²) in [5, 5.41) is 6.75. The summed E-state index contributed by atoms with van der Waals surface area (Å²) < 4.78 is 10.3. The number of esters is 2. The average Bonchev–Trinajstić information content (AvgIpc) is 3.31. The molecule has 0 radical (unpaired) electrons. The van der Waals surface area contributed by atoms with E-state index in [1.807, 2.05) is 0 Å². The molecule has 0 unspecified atom stereocenters. The number of urea groups is 1. The Morgan fingerprint density at radius 3 is 2.58 bits per heavy atom. The van der Waals surface area contributed by atoms with Crippen LogP contribution in [-0.4, -0.2) is 50.7 Å². The number of thiophene rings is 1. The smallest absolute Gasteiger partial charge is 0.340 e. The Labute approximate surface area is 182 Å². The summed E-state index contributed by atoms with van der Waals surface area (Å²) >= 11 is 1.30. The second-order valence-corrected chi connectivity index (χ2v) is 7.37. The molecule has 0 saturated heterocycles. The van der Waals surface area contributed by atoms with E-state index < -0.39 is 18.0 Å². The lowest BCUT2D eigenvalue weighted by Crippen LogP contribution is -2.45. The molecule has 3 amide bonds. The van der Waals surface area contributed by atoms with E-state index in [0.717, 1.165) is 0 Å². The van der Waals surface area contributed by atoms with Gasteiger partial charge in [0.15, 0.2) is 0 Å². The van der Waals surface area contributed by atoms with Crippen LogP contribution in [0.3, 0.4) is 0 Å². The highest BCUT2D eigenvalue weighted by molar-refractivity contribution is 7.12. The Kier molecular flexibility index (Phi) is 7.03. The number of carbonyl (C=O) groups is 4. The summed E-state index contributed by atoms with van der Waals surface area (Å²) in [6.45, 7) is 1.46. The predicted octanol–water partition coefficient (Wildman–Crippen LogP) is 2.31. The highest BCUT2D eigenvalue weighted by Crippen LogP contribution is 2.23. The Balaban J connectivity index is 1.78. The number of carbonyl (C=O) groups excluding carboxylic acids is 4. The maximum atomic E-state index is 12.8. The molecule has 2 aromatic rings. The lowest BCUT2D eigenvalue weighted by Gasteiger charge is -2.22. The van der Waals surface area contributed by atoms with Crippen molar-refractivity contribution in [2.45, 2.75) is 6.92 Å². The van der Waals surface area contributed by atoms with Gasteiger partial charge in [-0.2, -0.15) is 0 Å². The third-order valence-electron chi connectivity index (χ3n) is 4.45. The van der Waals surface area contributed by atoms with Crippen LogP contribution in [0, 0.1) is 0 Å². The molecule has 0 atom stereocenters. The van der Waals surface area contributed by atoms with Gasteiger partial charge >= 0.3 is 18.0 Å². The van der Waals surface area contributed by atoms with E-state index in [4.69, 9.17) is 9.47 Å². The zero-order valence-electron chi connectivity index (χ0n) is 17.0. The predicted molar refractivity (Wildman–Crippen MR) is 114 cm³/mol. The van der Waals surface area contributed by atoms with Gasteiger partial charge in [0.2, 0.25) is 0 Å². The van der Waals surface area contributed by atoms with Crippen molar-refractivity contribution in [2.24, 2.45) is 0 Å². The molecular weight excluding hydrogens is 422 g/mol. The van der Waals surface area contributed by atoms with Crippen molar-refractivity contribution < 1.29 is 28.7 Å². The van der Waals surface area contributed by atoms with E-state index in [-0.39, 0.29) is 42.5 Å². The van der Waals surface area contributed by atoms with Crippen LogP contribution in [0.5, 0.6) is 0 Å². The third kappa shape index (κ3) is 5.10. The lowest BCUT2D eigenvalue weighted by atomic mass is 10.1. The highest BCUT2D eigenvalue weighted by Gasteiger charge is 2.26. The zero-order chi connectivity index (χ0) is 22.4. The third-order valence-corrected chi connectivity index (χ3v) is 5.30. The van der Waals surface area contributed by atoms with Crippen molar-refractivity contribution in [2.75, 3.05) is 31.7 Å². The van der Waals surface area contributed by atoms with E-state index in [0.29, 0.717) is 10.6 Å².